The van der Waals surface area contributed by atoms with Crippen LogP contribution in [0.3, 0.4) is 0 Å². The van der Waals surface area contributed by atoms with Gasteiger partial charge in [-0.2, -0.15) is 4.98 Å². The van der Waals surface area contributed by atoms with Crippen molar-refractivity contribution >= 4 is 16.9 Å². The molecular weight excluding hydrogens is 406 g/mol. The molecule has 0 amide bonds. The third kappa shape index (κ3) is 3.48. The molecule has 170 valence electrons. The number of nitrogens with zero attached hydrogens (tertiary/aromatic N) is 5. The number of ether oxygens (including phenoxy) is 1. The van der Waals surface area contributed by atoms with Crippen LogP contribution in [0.5, 0.6) is 0 Å². The smallest absolute Gasteiger partial charge is 0.332 e. The van der Waals surface area contributed by atoms with Gasteiger partial charge in [0.05, 0.1) is 6.54 Å². The second-order valence-electron chi connectivity index (χ2n) is 8.46. The van der Waals surface area contributed by atoms with E-state index in [1.165, 1.54) is 9.13 Å². The van der Waals surface area contributed by atoms with Crippen LogP contribution >= 0.6 is 0 Å². The van der Waals surface area contributed by atoms with Crippen molar-refractivity contribution in [2.45, 2.75) is 54.1 Å². The highest BCUT2D eigenvalue weighted by Crippen LogP contribution is 2.21. The Morgan fingerprint density at radius 1 is 1.03 bits per heavy atom. The van der Waals surface area contributed by atoms with Crippen molar-refractivity contribution in [2.75, 3.05) is 13.2 Å². The molecule has 3 heterocycles. The maximum Gasteiger partial charge on any atom is 0.332 e. The standard InChI is InChI=1S/C24H31N5O3/c1-7-32-12-8-11-27-17(4)18(5)29-20-21(25-23(27)29)26(6)24(31)28(22(20)30)14-19-13-15(2)9-10-16(19)3/h9-10,13H,7-8,11-12,14H2,1-6H3. The summed E-state index contributed by atoms with van der Waals surface area (Å²) >= 11 is 0. The zero-order chi connectivity index (χ0) is 23.2. The van der Waals surface area contributed by atoms with Gasteiger partial charge in [0.1, 0.15) is 0 Å². The van der Waals surface area contributed by atoms with E-state index in [1.807, 2.05) is 57.2 Å². The van der Waals surface area contributed by atoms with Gasteiger partial charge in [-0.25, -0.2) is 4.79 Å². The molecule has 4 rings (SSSR count). The van der Waals surface area contributed by atoms with Gasteiger partial charge >= 0.3 is 5.69 Å². The van der Waals surface area contributed by atoms with E-state index in [4.69, 9.17) is 9.72 Å². The van der Waals surface area contributed by atoms with Crippen LogP contribution in [0.25, 0.3) is 16.9 Å². The summed E-state index contributed by atoms with van der Waals surface area (Å²) in [5.74, 6) is 0.683. The lowest BCUT2D eigenvalue weighted by molar-refractivity contribution is 0.142. The van der Waals surface area contributed by atoms with Gasteiger partial charge in [-0.15, -0.1) is 0 Å². The van der Waals surface area contributed by atoms with Crippen molar-refractivity contribution < 1.29 is 4.74 Å². The predicted molar refractivity (Wildman–Crippen MR) is 126 cm³/mol. The van der Waals surface area contributed by atoms with Gasteiger partial charge < -0.3 is 9.30 Å². The van der Waals surface area contributed by atoms with E-state index in [2.05, 4.69) is 4.57 Å². The van der Waals surface area contributed by atoms with Crippen molar-refractivity contribution in [1.29, 1.82) is 0 Å². The van der Waals surface area contributed by atoms with Gasteiger partial charge in [0.25, 0.3) is 5.56 Å². The lowest BCUT2D eigenvalue weighted by Crippen LogP contribution is -2.39. The van der Waals surface area contributed by atoms with Crippen LogP contribution in [0.1, 0.15) is 41.4 Å². The fourth-order valence-electron chi connectivity index (χ4n) is 4.33. The van der Waals surface area contributed by atoms with Gasteiger partial charge in [0.15, 0.2) is 11.2 Å². The lowest BCUT2D eigenvalue weighted by atomic mass is 10.1. The molecule has 0 saturated heterocycles. The predicted octanol–water partition coefficient (Wildman–Crippen LogP) is 2.86. The molecule has 0 unspecified atom stereocenters. The molecule has 3 aromatic heterocycles. The zero-order valence-corrected chi connectivity index (χ0v) is 19.7. The molecule has 1 aromatic carbocycles. The lowest BCUT2D eigenvalue weighted by Gasteiger charge is -2.11. The van der Waals surface area contributed by atoms with Crippen LogP contribution in [0.2, 0.25) is 0 Å². The minimum absolute atomic E-state index is 0.231. The molecule has 0 N–H and O–H groups in total. The zero-order valence-electron chi connectivity index (χ0n) is 19.7. The van der Waals surface area contributed by atoms with Gasteiger partial charge in [0.2, 0.25) is 5.78 Å². The maximum atomic E-state index is 13.6. The molecule has 0 spiro atoms. The molecule has 0 bridgehead atoms. The molecule has 0 fully saturated rings. The summed E-state index contributed by atoms with van der Waals surface area (Å²) in [6, 6.07) is 6.08. The topological polar surface area (TPSA) is 75.5 Å². The second kappa shape index (κ2) is 8.43. The fourth-order valence-corrected chi connectivity index (χ4v) is 4.33. The third-order valence-electron chi connectivity index (χ3n) is 6.34. The van der Waals surface area contributed by atoms with E-state index < -0.39 is 0 Å². The number of aromatic nitrogens is 5. The molecule has 0 aliphatic carbocycles. The number of hydrogen-bond acceptors (Lipinski definition) is 4. The highest BCUT2D eigenvalue weighted by molar-refractivity contribution is 5.76. The van der Waals surface area contributed by atoms with Crippen LogP contribution in [0, 0.1) is 27.7 Å². The number of rotatable bonds is 7. The summed E-state index contributed by atoms with van der Waals surface area (Å²) < 4.78 is 12.3. The molecule has 4 aromatic rings. The molecule has 0 saturated carbocycles. The molecule has 32 heavy (non-hydrogen) atoms. The third-order valence-corrected chi connectivity index (χ3v) is 6.34. The molecule has 0 radical (unpaired) electrons. The summed E-state index contributed by atoms with van der Waals surface area (Å²) in [7, 11) is 1.68. The van der Waals surface area contributed by atoms with E-state index in [-0.39, 0.29) is 17.8 Å². The first-order valence-electron chi connectivity index (χ1n) is 11.1. The Labute approximate surface area is 186 Å². The van der Waals surface area contributed by atoms with Crippen LogP contribution in [0.4, 0.5) is 0 Å². The van der Waals surface area contributed by atoms with Crippen LogP contribution in [0.15, 0.2) is 27.8 Å². The van der Waals surface area contributed by atoms with Crippen molar-refractivity contribution in [3.8, 4) is 0 Å². The molecule has 8 nitrogen and oxygen atoms in total. The number of aryl methyl sites for hydroxylation is 5. The normalized spacial score (nSPS) is 11.8. The maximum absolute atomic E-state index is 13.6. The number of fused-ring (bicyclic) bond motifs is 3. The first-order valence-corrected chi connectivity index (χ1v) is 11.1. The Balaban J connectivity index is 1.92. The highest BCUT2D eigenvalue weighted by Gasteiger charge is 2.22. The average Bonchev–Trinajstić information content (AvgIpc) is 3.26. The number of imidazole rings is 2. The van der Waals surface area contributed by atoms with E-state index in [0.29, 0.717) is 30.2 Å². The van der Waals surface area contributed by atoms with Crippen molar-refractivity contribution in [1.82, 2.24) is 23.1 Å². The summed E-state index contributed by atoms with van der Waals surface area (Å²) in [6.45, 7) is 12.3. The molecule has 8 heteroatoms. The van der Waals surface area contributed by atoms with Crippen molar-refractivity contribution in [3.05, 3.63) is 67.1 Å². The Hall–Kier alpha value is -3.13. The molecule has 0 aliphatic heterocycles. The highest BCUT2D eigenvalue weighted by atomic mass is 16.5. The van der Waals surface area contributed by atoms with E-state index in [0.717, 1.165) is 41.0 Å². The molecule has 0 aliphatic rings. The van der Waals surface area contributed by atoms with Gasteiger partial charge in [-0.1, -0.05) is 23.8 Å². The first-order chi connectivity index (χ1) is 15.3. The Morgan fingerprint density at radius 3 is 2.50 bits per heavy atom. The summed E-state index contributed by atoms with van der Waals surface area (Å²) in [4.78, 5) is 31.5. The van der Waals surface area contributed by atoms with Crippen LogP contribution in [-0.4, -0.2) is 36.3 Å². The van der Waals surface area contributed by atoms with Crippen molar-refractivity contribution in [3.63, 3.8) is 0 Å². The van der Waals surface area contributed by atoms with Crippen LogP contribution in [-0.2, 0) is 24.9 Å². The van der Waals surface area contributed by atoms with E-state index in [1.54, 1.807) is 7.05 Å². The minimum atomic E-state index is -0.360. The van der Waals surface area contributed by atoms with E-state index >= 15 is 0 Å². The molecule has 0 atom stereocenters. The van der Waals surface area contributed by atoms with E-state index in [9.17, 15) is 9.59 Å². The summed E-state index contributed by atoms with van der Waals surface area (Å²) in [5.41, 5.74) is 5.30. The van der Waals surface area contributed by atoms with Gasteiger partial charge in [-0.3, -0.25) is 18.3 Å². The largest absolute Gasteiger partial charge is 0.382 e. The summed E-state index contributed by atoms with van der Waals surface area (Å²) in [6.07, 6.45) is 0.845. The Kier molecular flexibility index (Phi) is 5.81. The fraction of sp³-hybridized carbons (Fsp3) is 0.458. The number of benzene rings is 1. The summed E-state index contributed by atoms with van der Waals surface area (Å²) in [5, 5.41) is 0. The van der Waals surface area contributed by atoms with Crippen molar-refractivity contribution in [2.24, 2.45) is 7.05 Å². The quantitative estimate of drug-likeness (QED) is 0.417. The van der Waals surface area contributed by atoms with Gasteiger partial charge in [0, 0.05) is 38.2 Å². The first kappa shape index (κ1) is 22.1. The molecular formula is C24H31N5O3. The monoisotopic (exact) mass is 437 g/mol. The van der Waals surface area contributed by atoms with Crippen LogP contribution < -0.4 is 11.2 Å². The average molecular weight is 438 g/mol. The number of hydrogen-bond donors (Lipinski definition) is 0. The Morgan fingerprint density at radius 2 is 1.78 bits per heavy atom. The Bertz CT molecular complexity index is 1430. The second-order valence-corrected chi connectivity index (χ2v) is 8.46. The SMILES string of the molecule is CCOCCCn1c(C)c(C)n2c3c(=O)n(Cc4cc(C)ccc4C)c(=O)n(C)c3nc12. The minimum Gasteiger partial charge on any atom is -0.382 e. The van der Waals surface area contributed by atoms with Gasteiger partial charge in [-0.05, 0) is 52.2 Å².